The summed E-state index contributed by atoms with van der Waals surface area (Å²) in [4.78, 5) is 37.8. The highest BCUT2D eigenvalue weighted by Crippen LogP contribution is 2.43. The summed E-state index contributed by atoms with van der Waals surface area (Å²) >= 11 is 0. The molecule has 0 radical (unpaired) electrons. The molecule has 3 N–H and O–H groups in total. The van der Waals surface area contributed by atoms with Gasteiger partial charge >= 0.3 is 6.09 Å². The van der Waals surface area contributed by atoms with Gasteiger partial charge in [0.25, 0.3) is 5.91 Å². The fraction of sp³-hybridized carbons (Fsp3) is 0.130. The van der Waals surface area contributed by atoms with Crippen molar-refractivity contribution in [2.45, 2.75) is 12.3 Å². The molecular formula is C23H19N5O4. The van der Waals surface area contributed by atoms with Gasteiger partial charge in [0.05, 0.1) is 30.4 Å². The molecule has 5 rings (SSSR count). The number of aromatic nitrogens is 3. The number of benzene rings is 2. The normalized spacial score (nSPS) is 17.4. The molecule has 4 aromatic rings. The molecule has 3 heterocycles. The molecule has 160 valence electrons. The summed E-state index contributed by atoms with van der Waals surface area (Å²) in [6.45, 7) is 0.126. The summed E-state index contributed by atoms with van der Waals surface area (Å²) in [5, 5.41) is 14.5. The van der Waals surface area contributed by atoms with Crippen LogP contribution in [0, 0.1) is 0 Å². The maximum Gasteiger partial charge on any atom is 0.413 e. The Kier molecular flexibility index (Phi) is 4.60. The zero-order valence-corrected chi connectivity index (χ0v) is 17.1. The van der Waals surface area contributed by atoms with Gasteiger partial charge in [0.1, 0.15) is 0 Å². The van der Waals surface area contributed by atoms with E-state index in [1.54, 1.807) is 60.8 Å². The minimum absolute atomic E-state index is 0.126. The van der Waals surface area contributed by atoms with Gasteiger partial charge < -0.3 is 14.8 Å². The molecular weight excluding hydrogens is 410 g/mol. The number of hydrogen-bond donors (Lipinski definition) is 3. The molecule has 32 heavy (non-hydrogen) atoms. The van der Waals surface area contributed by atoms with Crippen molar-refractivity contribution in [1.29, 1.82) is 0 Å². The van der Waals surface area contributed by atoms with E-state index < -0.39 is 11.8 Å². The molecule has 0 bridgehead atoms. The van der Waals surface area contributed by atoms with Crippen LogP contribution in [0.3, 0.4) is 0 Å². The van der Waals surface area contributed by atoms with E-state index in [2.05, 4.69) is 25.0 Å². The van der Waals surface area contributed by atoms with E-state index >= 15 is 0 Å². The highest BCUT2D eigenvalue weighted by atomic mass is 16.5. The van der Waals surface area contributed by atoms with E-state index in [1.807, 2.05) is 6.07 Å². The molecule has 0 spiro atoms. The third-order valence-corrected chi connectivity index (χ3v) is 5.51. The predicted molar refractivity (Wildman–Crippen MR) is 116 cm³/mol. The molecule has 9 nitrogen and oxygen atoms in total. The lowest BCUT2D eigenvalue weighted by molar-refractivity contribution is -0.0547. The van der Waals surface area contributed by atoms with Gasteiger partial charge in [0.2, 0.25) is 5.95 Å². The van der Waals surface area contributed by atoms with Crippen LogP contribution in [-0.2, 0) is 17.0 Å². The number of aromatic amines is 1. The number of hydrogen-bond acceptors (Lipinski definition) is 6. The Balaban J connectivity index is 1.61. The number of H-pyrrole nitrogens is 1. The topological polar surface area (TPSA) is 120 Å². The molecule has 0 aliphatic carbocycles. The number of imidazole rings is 1. The van der Waals surface area contributed by atoms with Gasteiger partial charge in [-0.3, -0.25) is 20.0 Å². The molecule has 0 fully saturated rings. The van der Waals surface area contributed by atoms with E-state index in [9.17, 15) is 14.7 Å². The third-order valence-electron chi connectivity index (χ3n) is 5.51. The van der Waals surface area contributed by atoms with Crippen LogP contribution in [0.15, 0.2) is 66.9 Å². The molecule has 1 aliphatic heterocycles. The van der Waals surface area contributed by atoms with Crippen LogP contribution in [0.4, 0.5) is 10.7 Å². The Morgan fingerprint density at radius 3 is 2.78 bits per heavy atom. The number of fused-ring (bicyclic) bond motifs is 2. The SMILES string of the molecule is COC(=O)Nc1nc2ccc(C3(O)c4ccccc4C(=O)N3Cc3ccccn3)cc2[nH]1. The number of methoxy groups -OCH3 is 1. The van der Waals surface area contributed by atoms with Crippen molar-refractivity contribution in [2.75, 3.05) is 12.4 Å². The van der Waals surface area contributed by atoms with Gasteiger partial charge in [-0.15, -0.1) is 0 Å². The number of rotatable bonds is 4. The van der Waals surface area contributed by atoms with Crippen LogP contribution < -0.4 is 5.32 Å². The van der Waals surface area contributed by atoms with Crippen LogP contribution in [0.2, 0.25) is 0 Å². The Hall–Kier alpha value is -4.24. The number of ether oxygens (including phenoxy) is 1. The molecule has 0 saturated heterocycles. The lowest BCUT2D eigenvalue weighted by Gasteiger charge is -2.34. The average molecular weight is 429 g/mol. The van der Waals surface area contributed by atoms with E-state index in [0.29, 0.717) is 33.4 Å². The Labute approximate surface area is 182 Å². The molecule has 2 amide bonds. The Bertz CT molecular complexity index is 1340. The lowest BCUT2D eigenvalue weighted by Crippen LogP contribution is -2.44. The third kappa shape index (κ3) is 3.07. The Morgan fingerprint density at radius 2 is 2.00 bits per heavy atom. The van der Waals surface area contributed by atoms with Crippen molar-refractivity contribution < 1.29 is 19.4 Å². The second-order valence-electron chi connectivity index (χ2n) is 7.36. The highest BCUT2D eigenvalue weighted by Gasteiger charge is 2.49. The first-order chi connectivity index (χ1) is 15.5. The lowest BCUT2D eigenvalue weighted by atomic mass is 9.93. The summed E-state index contributed by atoms with van der Waals surface area (Å²) in [6.07, 6.45) is 0.994. The van der Waals surface area contributed by atoms with Crippen LogP contribution in [-0.4, -0.2) is 44.1 Å². The first-order valence-corrected chi connectivity index (χ1v) is 9.89. The van der Waals surface area contributed by atoms with E-state index in [0.717, 1.165) is 0 Å². The number of nitrogens with zero attached hydrogens (tertiary/aromatic N) is 3. The molecule has 0 saturated carbocycles. The minimum atomic E-state index is -1.71. The smallest absolute Gasteiger partial charge is 0.413 e. The first kappa shape index (κ1) is 19.7. The van der Waals surface area contributed by atoms with E-state index in [1.165, 1.54) is 12.0 Å². The van der Waals surface area contributed by atoms with Crippen LogP contribution in [0.1, 0.15) is 27.2 Å². The van der Waals surface area contributed by atoms with Gasteiger partial charge in [0, 0.05) is 22.9 Å². The Morgan fingerprint density at radius 1 is 1.19 bits per heavy atom. The molecule has 2 aromatic heterocycles. The second kappa shape index (κ2) is 7.47. The molecule has 1 aliphatic rings. The highest BCUT2D eigenvalue weighted by molar-refractivity contribution is 6.00. The molecule has 1 atom stereocenters. The fourth-order valence-electron chi connectivity index (χ4n) is 4.00. The van der Waals surface area contributed by atoms with Gasteiger partial charge in [-0.05, 0) is 30.3 Å². The first-order valence-electron chi connectivity index (χ1n) is 9.89. The van der Waals surface area contributed by atoms with Crippen molar-refractivity contribution >= 4 is 29.0 Å². The fourth-order valence-corrected chi connectivity index (χ4v) is 4.00. The summed E-state index contributed by atoms with van der Waals surface area (Å²) in [6, 6.07) is 17.6. The predicted octanol–water partition coefficient (Wildman–Crippen LogP) is 2.99. The number of carbonyl (C=O) groups is 2. The van der Waals surface area contributed by atoms with Gasteiger partial charge in [-0.1, -0.05) is 30.3 Å². The largest absolute Gasteiger partial charge is 0.453 e. The zero-order valence-electron chi connectivity index (χ0n) is 17.1. The zero-order chi connectivity index (χ0) is 22.3. The quantitative estimate of drug-likeness (QED) is 0.459. The van der Waals surface area contributed by atoms with Crippen LogP contribution >= 0.6 is 0 Å². The monoisotopic (exact) mass is 429 g/mol. The summed E-state index contributed by atoms with van der Waals surface area (Å²) in [7, 11) is 1.26. The van der Waals surface area contributed by atoms with Crippen molar-refractivity contribution in [2.24, 2.45) is 0 Å². The second-order valence-corrected chi connectivity index (χ2v) is 7.36. The maximum absolute atomic E-state index is 13.3. The van der Waals surface area contributed by atoms with Gasteiger partial charge in [-0.2, -0.15) is 0 Å². The van der Waals surface area contributed by atoms with Gasteiger partial charge in [-0.25, -0.2) is 9.78 Å². The molecule has 1 unspecified atom stereocenters. The van der Waals surface area contributed by atoms with Crippen LogP contribution in [0.5, 0.6) is 0 Å². The number of pyridine rings is 1. The average Bonchev–Trinajstić information content (AvgIpc) is 3.32. The molecule has 9 heteroatoms. The number of anilines is 1. The standard InChI is InChI=1S/C23H19N5O4/c1-32-22(30)27-21-25-18-10-9-14(12-19(18)26-21)23(31)17-8-3-2-7-16(17)20(29)28(23)13-15-6-4-5-11-24-15/h2-12,31H,13H2,1H3,(H2,25,26,27,30). The van der Waals surface area contributed by atoms with Crippen molar-refractivity contribution in [3.8, 4) is 0 Å². The van der Waals surface area contributed by atoms with Gasteiger partial charge in [0.15, 0.2) is 5.72 Å². The number of amides is 2. The number of carbonyl (C=O) groups excluding carboxylic acids is 2. The van der Waals surface area contributed by atoms with E-state index in [4.69, 9.17) is 0 Å². The number of aliphatic hydroxyl groups is 1. The van der Waals surface area contributed by atoms with Crippen molar-refractivity contribution in [3.05, 3.63) is 89.2 Å². The van der Waals surface area contributed by atoms with Crippen LogP contribution in [0.25, 0.3) is 11.0 Å². The summed E-state index contributed by atoms with van der Waals surface area (Å²) in [5.41, 5.74) is 1.51. The maximum atomic E-state index is 13.3. The summed E-state index contributed by atoms with van der Waals surface area (Å²) in [5.74, 6) is -0.0734. The van der Waals surface area contributed by atoms with Crippen molar-refractivity contribution in [1.82, 2.24) is 19.9 Å². The van der Waals surface area contributed by atoms with Crippen molar-refractivity contribution in [3.63, 3.8) is 0 Å². The molecule has 2 aromatic carbocycles. The van der Waals surface area contributed by atoms with E-state index in [-0.39, 0.29) is 18.4 Å². The minimum Gasteiger partial charge on any atom is -0.453 e. The number of nitrogens with one attached hydrogen (secondary N) is 2. The summed E-state index contributed by atoms with van der Waals surface area (Å²) < 4.78 is 4.59.